The minimum atomic E-state index is -1.01. The van der Waals surface area contributed by atoms with E-state index in [2.05, 4.69) is 0 Å². The fourth-order valence-electron chi connectivity index (χ4n) is 1.93. The van der Waals surface area contributed by atoms with Gasteiger partial charge in [-0.2, -0.15) is 0 Å². The van der Waals surface area contributed by atoms with Crippen molar-refractivity contribution in [3.05, 3.63) is 34.2 Å². The molecule has 0 bridgehead atoms. The molecule has 1 N–H and O–H groups in total. The first-order valence-electron chi connectivity index (χ1n) is 5.21. The maximum atomic E-state index is 11.4. The second-order valence-electron chi connectivity index (χ2n) is 3.86. The van der Waals surface area contributed by atoms with Crippen LogP contribution in [-0.2, 0) is 11.2 Å². The molecular formula is C12H8O6. The van der Waals surface area contributed by atoms with Gasteiger partial charge in [0.05, 0.1) is 6.42 Å². The number of carboxylic acid groups (broad SMARTS) is 1. The monoisotopic (exact) mass is 248 g/mol. The van der Waals surface area contributed by atoms with Crippen LogP contribution in [0.25, 0.3) is 11.0 Å². The molecule has 0 spiro atoms. The lowest BCUT2D eigenvalue weighted by Crippen LogP contribution is -2.06. The van der Waals surface area contributed by atoms with Crippen LogP contribution in [0.3, 0.4) is 0 Å². The average molecular weight is 248 g/mol. The van der Waals surface area contributed by atoms with Gasteiger partial charge in [-0.05, 0) is 11.6 Å². The second-order valence-corrected chi connectivity index (χ2v) is 3.86. The molecule has 0 saturated carbocycles. The molecule has 0 radical (unpaired) electrons. The summed E-state index contributed by atoms with van der Waals surface area (Å²) in [5.41, 5.74) is 0.104. The largest absolute Gasteiger partial charge is 0.481 e. The van der Waals surface area contributed by atoms with Crippen LogP contribution in [0.15, 0.2) is 27.4 Å². The van der Waals surface area contributed by atoms with Gasteiger partial charge in [-0.25, -0.2) is 4.79 Å². The van der Waals surface area contributed by atoms with Crippen LogP contribution < -0.4 is 15.1 Å². The Kier molecular flexibility index (Phi) is 2.22. The second kappa shape index (κ2) is 3.76. The minimum Gasteiger partial charge on any atom is -0.481 e. The molecule has 0 saturated heterocycles. The highest BCUT2D eigenvalue weighted by atomic mass is 16.7. The standard InChI is InChI=1S/C12H8O6/c13-11(14)1-6-2-12(15)18-8-4-10-9(3-7(6)8)16-5-17-10/h2-4H,1,5H2,(H,13,14). The highest BCUT2D eigenvalue weighted by molar-refractivity contribution is 5.87. The van der Waals surface area contributed by atoms with Crippen LogP contribution in [0, 0.1) is 0 Å². The van der Waals surface area contributed by atoms with Crippen molar-refractivity contribution in [1.82, 2.24) is 0 Å². The number of benzene rings is 1. The van der Waals surface area contributed by atoms with Gasteiger partial charge in [-0.15, -0.1) is 0 Å². The van der Waals surface area contributed by atoms with Gasteiger partial charge in [-0.1, -0.05) is 0 Å². The number of hydrogen-bond donors (Lipinski definition) is 1. The van der Waals surface area contributed by atoms with E-state index in [1.165, 1.54) is 12.1 Å². The molecule has 0 aliphatic carbocycles. The lowest BCUT2D eigenvalue weighted by molar-refractivity contribution is -0.136. The molecule has 1 aliphatic heterocycles. The summed E-state index contributed by atoms with van der Waals surface area (Å²) in [6, 6.07) is 4.34. The van der Waals surface area contributed by atoms with Crippen LogP contribution in [0.2, 0.25) is 0 Å². The van der Waals surface area contributed by atoms with Crippen LogP contribution in [0.1, 0.15) is 5.56 Å². The predicted molar refractivity (Wildman–Crippen MR) is 59.9 cm³/mol. The van der Waals surface area contributed by atoms with Gasteiger partial charge in [0.25, 0.3) is 0 Å². The number of aliphatic carboxylic acids is 1. The first-order valence-corrected chi connectivity index (χ1v) is 5.21. The van der Waals surface area contributed by atoms with E-state index in [4.69, 9.17) is 19.0 Å². The molecule has 2 aromatic rings. The number of hydrogen-bond acceptors (Lipinski definition) is 5. The molecule has 92 valence electrons. The van der Waals surface area contributed by atoms with Gasteiger partial charge in [0.2, 0.25) is 6.79 Å². The molecule has 2 heterocycles. The Morgan fingerprint density at radius 3 is 2.67 bits per heavy atom. The van der Waals surface area contributed by atoms with E-state index in [0.29, 0.717) is 28.0 Å². The van der Waals surface area contributed by atoms with Crippen LogP contribution >= 0.6 is 0 Å². The fraction of sp³-hybridized carbons (Fsp3) is 0.167. The van der Waals surface area contributed by atoms with Crippen molar-refractivity contribution in [2.45, 2.75) is 6.42 Å². The average Bonchev–Trinajstić information content (AvgIpc) is 2.72. The highest BCUT2D eigenvalue weighted by Gasteiger charge is 2.18. The van der Waals surface area contributed by atoms with Crippen molar-refractivity contribution < 1.29 is 23.8 Å². The summed E-state index contributed by atoms with van der Waals surface area (Å²) in [6.45, 7) is 0.101. The predicted octanol–water partition coefficient (Wildman–Crippen LogP) is 1.15. The molecule has 0 atom stereocenters. The van der Waals surface area contributed by atoms with E-state index >= 15 is 0 Å². The Labute approximate surface area is 100 Å². The normalized spacial score (nSPS) is 12.9. The van der Waals surface area contributed by atoms with Crippen molar-refractivity contribution in [2.24, 2.45) is 0 Å². The zero-order valence-electron chi connectivity index (χ0n) is 9.13. The topological polar surface area (TPSA) is 86.0 Å². The summed E-state index contributed by atoms with van der Waals surface area (Å²) < 4.78 is 15.4. The maximum Gasteiger partial charge on any atom is 0.336 e. The first kappa shape index (κ1) is 10.6. The van der Waals surface area contributed by atoms with Crippen LogP contribution in [0.4, 0.5) is 0 Å². The van der Waals surface area contributed by atoms with E-state index in [0.717, 1.165) is 0 Å². The third-order valence-electron chi connectivity index (χ3n) is 2.67. The highest BCUT2D eigenvalue weighted by Crippen LogP contribution is 2.36. The number of fused-ring (bicyclic) bond motifs is 2. The van der Waals surface area contributed by atoms with Gasteiger partial charge >= 0.3 is 11.6 Å². The Bertz CT molecular complexity index is 700. The van der Waals surface area contributed by atoms with Crippen molar-refractivity contribution in [3.63, 3.8) is 0 Å². The Balaban J connectivity index is 2.28. The summed E-state index contributed by atoms with van der Waals surface area (Å²) in [5.74, 6) is -0.0133. The minimum absolute atomic E-state index is 0.101. The van der Waals surface area contributed by atoms with Crippen molar-refractivity contribution in [2.75, 3.05) is 6.79 Å². The van der Waals surface area contributed by atoms with Crippen LogP contribution in [0.5, 0.6) is 11.5 Å². The molecule has 0 amide bonds. The number of rotatable bonds is 2. The zero-order chi connectivity index (χ0) is 12.7. The Hall–Kier alpha value is -2.50. The maximum absolute atomic E-state index is 11.4. The molecule has 1 aromatic heterocycles. The smallest absolute Gasteiger partial charge is 0.336 e. The molecular weight excluding hydrogens is 240 g/mol. The molecule has 6 nitrogen and oxygen atoms in total. The summed E-state index contributed by atoms with van der Waals surface area (Å²) in [4.78, 5) is 22.1. The number of carbonyl (C=O) groups is 1. The van der Waals surface area contributed by atoms with E-state index in [1.807, 2.05) is 0 Å². The van der Waals surface area contributed by atoms with E-state index < -0.39 is 11.6 Å². The van der Waals surface area contributed by atoms with E-state index in [1.54, 1.807) is 6.07 Å². The lowest BCUT2D eigenvalue weighted by Gasteiger charge is -2.04. The van der Waals surface area contributed by atoms with Gasteiger partial charge in [0, 0.05) is 17.5 Å². The molecule has 18 heavy (non-hydrogen) atoms. The third-order valence-corrected chi connectivity index (χ3v) is 2.67. The Morgan fingerprint density at radius 2 is 1.94 bits per heavy atom. The van der Waals surface area contributed by atoms with E-state index in [9.17, 15) is 9.59 Å². The zero-order valence-corrected chi connectivity index (χ0v) is 9.13. The van der Waals surface area contributed by atoms with E-state index in [-0.39, 0.29) is 13.2 Å². The SMILES string of the molecule is O=C(O)Cc1cc(=O)oc2cc3c(cc12)OCO3. The van der Waals surface area contributed by atoms with Crippen molar-refractivity contribution in [1.29, 1.82) is 0 Å². The molecule has 0 fully saturated rings. The molecule has 1 aromatic carbocycles. The van der Waals surface area contributed by atoms with Crippen molar-refractivity contribution in [3.8, 4) is 11.5 Å². The van der Waals surface area contributed by atoms with Gasteiger partial charge in [0.15, 0.2) is 11.5 Å². The molecule has 1 aliphatic rings. The van der Waals surface area contributed by atoms with Gasteiger partial charge in [0.1, 0.15) is 5.58 Å². The molecule has 3 rings (SSSR count). The van der Waals surface area contributed by atoms with Gasteiger partial charge in [-0.3, -0.25) is 4.79 Å². The Morgan fingerprint density at radius 1 is 1.22 bits per heavy atom. The first-order chi connectivity index (χ1) is 8.63. The summed E-state index contributed by atoms with van der Waals surface area (Å²) in [6.07, 6.45) is -0.248. The molecule has 6 heteroatoms. The summed E-state index contributed by atoms with van der Waals surface area (Å²) in [7, 11) is 0. The third kappa shape index (κ3) is 1.67. The quantitative estimate of drug-likeness (QED) is 0.802. The van der Waals surface area contributed by atoms with Crippen molar-refractivity contribution >= 4 is 16.9 Å². The fourth-order valence-corrected chi connectivity index (χ4v) is 1.93. The summed E-state index contributed by atoms with van der Waals surface area (Å²) >= 11 is 0. The molecule has 0 unspecified atom stereocenters. The summed E-state index contributed by atoms with van der Waals surface area (Å²) in [5, 5.41) is 9.36. The lowest BCUT2D eigenvalue weighted by atomic mass is 10.1. The van der Waals surface area contributed by atoms with Crippen LogP contribution in [-0.4, -0.2) is 17.9 Å². The number of ether oxygens (including phenoxy) is 2. The number of carboxylic acids is 1. The van der Waals surface area contributed by atoms with Gasteiger partial charge < -0.3 is 19.0 Å².